The van der Waals surface area contributed by atoms with Crippen molar-refractivity contribution in [1.82, 2.24) is 0 Å². The fraction of sp³-hybridized carbons (Fsp3) is 0.333. The molecule has 28 heavy (non-hydrogen) atoms. The Morgan fingerprint density at radius 2 is 1.89 bits per heavy atom. The van der Waals surface area contributed by atoms with Gasteiger partial charge in [-0.25, -0.2) is 8.42 Å². The third-order valence-electron chi connectivity index (χ3n) is 5.24. The minimum atomic E-state index is -3.34. The van der Waals surface area contributed by atoms with Crippen molar-refractivity contribution < 1.29 is 22.6 Å². The van der Waals surface area contributed by atoms with E-state index in [2.05, 4.69) is 16.9 Å². The van der Waals surface area contributed by atoms with Crippen LogP contribution < -0.4 is 18.9 Å². The molecule has 0 fully saturated rings. The summed E-state index contributed by atoms with van der Waals surface area (Å²) in [7, 11) is -3.34. The number of anilines is 1. The number of benzene rings is 2. The minimum Gasteiger partial charge on any atom is -0.492 e. The smallest absolute Gasteiger partial charge is 0.229 e. The predicted octanol–water partition coefficient (Wildman–Crippen LogP) is 3.85. The Bertz CT molecular complexity index is 1120. The van der Waals surface area contributed by atoms with Crippen LogP contribution in [-0.2, 0) is 10.0 Å². The third-order valence-corrected chi connectivity index (χ3v) is 5.85. The van der Waals surface area contributed by atoms with Crippen LogP contribution in [0.25, 0.3) is 6.08 Å². The van der Waals surface area contributed by atoms with Gasteiger partial charge in [-0.15, -0.1) is 0 Å². The molecular weight excluding hydrogens is 378 g/mol. The Hall–Kier alpha value is -2.67. The van der Waals surface area contributed by atoms with E-state index in [-0.39, 0.29) is 17.6 Å². The molecule has 0 saturated heterocycles. The van der Waals surface area contributed by atoms with E-state index in [4.69, 9.17) is 14.2 Å². The van der Waals surface area contributed by atoms with E-state index in [1.807, 2.05) is 32.1 Å². The average molecular weight is 399 g/mol. The van der Waals surface area contributed by atoms with Crippen LogP contribution in [0.3, 0.4) is 0 Å². The molecule has 2 aromatic carbocycles. The van der Waals surface area contributed by atoms with E-state index in [0.717, 1.165) is 34.4 Å². The van der Waals surface area contributed by atoms with Gasteiger partial charge in [0, 0.05) is 28.8 Å². The van der Waals surface area contributed by atoms with Crippen molar-refractivity contribution in [2.45, 2.75) is 31.5 Å². The lowest BCUT2D eigenvalue weighted by molar-refractivity contribution is 0.135. The quantitative estimate of drug-likeness (QED) is 0.830. The van der Waals surface area contributed by atoms with Crippen molar-refractivity contribution in [3.63, 3.8) is 0 Å². The number of fused-ring (bicyclic) bond motifs is 6. The van der Waals surface area contributed by atoms with Gasteiger partial charge < -0.3 is 14.2 Å². The van der Waals surface area contributed by atoms with E-state index in [0.29, 0.717) is 18.0 Å². The van der Waals surface area contributed by atoms with E-state index >= 15 is 0 Å². The van der Waals surface area contributed by atoms with Gasteiger partial charge >= 0.3 is 0 Å². The Kier molecular flexibility index (Phi) is 3.53. The Morgan fingerprint density at radius 3 is 2.68 bits per heavy atom. The average Bonchev–Trinajstić information content (AvgIpc) is 2.96. The molecule has 0 spiro atoms. The molecule has 0 unspecified atom stereocenters. The van der Waals surface area contributed by atoms with Crippen molar-refractivity contribution in [3.8, 4) is 17.2 Å². The highest BCUT2D eigenvalue weighted by Crippen LogP contribution is 2.53. The maximum atomic E-state index is 11.5. The van der Waals surface area contributed by atoms with Crippen molar-refractivity contribution in [3.05, 3.63) is 53.1 Å². The fourth-order valence-corrected chi connectivity index (χ4v) is 4.56. The lowest BCUT2D eigenvalue weighted by atomic mass is 9.88. The normalized spacial score (nSPS) is 23.2. The van der Waals surface area contributed by atoms with Crippen LogP contribution in [0, 0.1) is 0 Å². The first-order valence-corrected chi connectivity index (χ1v) is 11.1. The SMILES string of the molecule is CC1(C)C=Cc2cc3c(cc2O1)OC[C@H]1c2ccc(NS(C)(=O)=O)cc2O[C@@H]31. The first-order chi connectivity index (χ1) is 13.2. The summed E-state index contributed by atoms with van der Waals surface area (Å²) in [5.41, 5.74) is 3.16. The predicted molar refractivity (Wildman–Crippen MR) is 107 cm³/mol. The second-order valence-electron chi connectivity index (χ2n) is 8.05. The summed E-state index contributed by atoms with van der Waals surface area (Å²) < 4.78 is 43.8. The van der Waals surface area contributed by atoms with Crippen LogP contribution in [0.2, 0.25) is 0 Å². The largest absolute Gasteiger partial charge is 0.492 e. The lowest BCUT2D eigenvalue weighted by Gasteiger charge is -2.32. The molecule has 3 heterocycles. The van der Waals surface area contributed by atoms with E-state index in [1.54, 1.807) is 12.1 Å². The molecule has 3 aliphatic heterocycles. The molecular formula is C21H21NO5S. The third kappa shape index (κ3) is 2.90. The molecule has 0 aliphatic carbocycles. The minimum absolute atomic E-state index is 0.0674. The molecule has 3 aliphatic rings. The second-order valence-corrected chi connectivity index (χ2v) is 9.80. The number of ether oxygens (including phenoxy) is 3. The fourth-order valence-electron chi connectivity index (χ4n) is 4.01. The van der Waals surface area contributed by atoms with Crippen LogP contribution in [0.5, 0.6) is 17.2 Å². The van der Waals surface area contributed by atoms with Crippen LogP contribution in [0.4, 0.5) is 5.69 Å². The number of hydrogen-bond acceptors (Lipinski definition) is 5. The number of hydrogen-bond donors (Lipinski definition) is 1. The molecule has 2 aromatic rings. The van der Waals surface area contributed by atoms with Crippen molar-refractivity contribution >= 4 is 21.8 Å². The highest BCUT2D eigenvalue weighted by atomic mass is 32.2. The van der Waals surface area contributed by atoms with Gasteiger partial charge in [0.05, 0.1) is 24.5 Å². The zero-order valence-electron chi connectivity index (χ0n) is 15.9. The maximum Gasteiger partial charge on any atom is 0.229 e. The van der Waals surface area contributed by atoms with Gasteiger partial charge in [0.15, 0.2) is 0 Å². The Labute approximate surface area is 164 Å². The van der Waals surface area contributed by atoms with Gasteiger partial charge in [-0.1, -0.05) is 12.1 Å². The standard InChI is InChI=1S/C21H21NO5S/c1-21(2)7-6-12-8-15-18(10-17(12)27-21)25-11-16-14-5-4-13(22-28(3,23)24)9-19(14)26-20(15)16/h4-10,16,20,22H,11H2,1-3H3/t16-,20-/m0/s1. The van der Waals surface area contributed by atoms with Gasteiger partial charge in [-0.05, 0) is 32.1 Å². The monoisotopic (exact) mass is 399 g/mol. The van der Waals surface area contributed by atoms with Crippen LogP contribution in [0.15, 0.2) is 36.4 Å². The molecule has 7 heteroatoms. The van der Waals surface area contributed by atoms with E-state index < -0.39 is 10.0 Å². The second kappa shape index (κ2) is 5.67. The molecule has 6 nitrogen and oxygen atoms in total. The number of rotatable bonds is 2. The van der Waals surface area contributed by atoms with E-state index in [9.17, 15) is 8.42 Å². The summed E-state index contributed by atoms with van der Waals surface area (Å²) in [4.78, 5) is 0. The van der Waals surface area contributed by atoms with Gasteiger partial charge in [0.25, 0.3) is 0 Å². The van der Waals surface area contributed by atoms with E-state index in [1.165, 1.54) is 0 Å². The highest BCUT2D eigenvalue weighted by molar-refractivity contribution is 7.92. The Balaban J connectivity index is 1.51. The molecule has 0 radical (unpaired) electrons. The van der Waals surface area contributed by atoms with Gasteiger partial charge in [-0.2, -0.15) is 0 Å². The van der Waals surface area contributed by atoms with Crippen molar-refractivity contribution in [2.24, 2.45) is 0 Å². The molecule has 0 aromatic heterocycles. The summed E-state index contributed by atoms with van der Waals surface area (Å²) >= 11 is 0. The van der Waals surface area contributed by atoms with Crippen molar-refractivity contribution in [2.75, 3.05) is 17.6 Å². The topological polar surface area (TPSA) is 73.9 Å². The van der Waals surface area contributed by atoms with Crippen LogP contribution >= 0.6 is 0 Å². The molecule has 0 saturated carbocycles. The summed E-state index contributed by atoms with van der Waals surface area (Å²) in [5.74, 6) is 2.33. The highest BCUT2D eigenvalue weighted by Gasteiger charge is 2.41. The number of sulfonamides is 1. The lowest BCUT2D eigenvalue weighted by Crippen LogP contribution is -2.28. The molecule has 1 N–H and O–H groups in total. The van der Waals surface area contributed by atoms with Gasteiger partial charge in [-0.3, -0.25) is 4.72 Å². The zero-order chi connectivity index (χ0) is 19.7. The zero-order valence-corrected chi connectivity index (χ0v) is 16.7. The first-order valence-electron chi connectivity index (χ1n) is 9.16. The van der Waals surface area contributed by atoms with Crippen LogP contribution in [-0.4, -0.2) is 26.9 Å². The molecule has 146 valence electrons. The molecule has 0 amide bonds. The molecule has 2 atom stereocenters. The van der Waals surface area contributed by atoms with Gasteiger partial charge in [0.1, 0.15) is 29.0 Å². The summed E-state index contributed by atoms with van der Waals surface area (Å²) in [6.07, 6.45) is 5.07. The summed E-state index contributed by atoms with van der Waals surface area (Å²) in [6.45, 7) is 4.53. The molecule has 0 bridgehead atoms. The summed E-state index contributed by atoms with van der Waals surface area (Å²) in [5, 5.41) is 0. The first kappa shape index (κ1) is 17.4. The number of nitrogens with one attached hydrogen (secondary N) is 1. The van der Waals surface area contributed by atoms with Gasteiger partial charge in [0.2, 0.25) is 10.0 Å². The van der Waals surface area contributed by atoms with Crippen molar-refractivity contribution in [1.29, 1.82) is 0 Å². The molecule has 5 rings (SSSR count). The Morgan fingerprint density at radius 1 is 1.07 bits per heavy atom. The maximum absolute atomic E-state index is 11.5. The summed E-state index contributed by atoms with van der Waals surface area (Å²) in [6, 6.07) is 9.40. The van der Waals surface area contributed by atoms with Crippen LogP contribution in [0.1, 0.15) is 42.6 Å².